The molecule has 1 atom stereocenters. The molecule has 0 bridgehead atoms. The number of aromatic nitrogens is 1. The van der Waals surface area contributed by atoms with E-state index in [2.05, 4.69) is 11.9 Å². The first-order valence-electron chi connectivity index (χ1n) is 10.9. The van der Waals surface area contributed by atoms with E-state index in [0.29, 0.717) is 16.2 Å². The molecule has 3 aromatic rings. The number of ether oxygens (including phenoxy) is 1. The van der Waals surface area contributed by atoms with Crippen LogP contribution in [0.2, 0.25) is 5.02 Å². The van der Waals surface area contributed by atoms with E-state index in [4.69, 9.17) is 22.1 Å². The summed E-state index contributed by atoms with van der Waals surface area (Å²) < 4.78 is 19.8. The average molecular weight is 443 g/mol. The van der Waals surface area contributed by atoms with Crippen molar-refractivity contribution < 1.29 is 9.13 Å². The largest absolute Gasteiger partial charge is 0.489 e. The van der Waals surface area contributed by atoms with Gasteiger partial charge in [0.2, 0.25) is 0 Å². The van der Waals surface area contributed by atoms with E-state index in [-0.39, 0.29) is 28.9 Å². The minimum atomic E-state index is -0.232. The second-order valence-electron chi connectivity index (χ2n) is 8.55. The number of nitrogens with one attached hydrogen (secondary N) is 1. The van der Waals surface area contributed by atoms with Crippen LogP contribution in [0.5, 0.6) is 5.75 Å². The highest BCUT2D eigenvalue weighted by Crippen LogP contribution is 2.44. The third-order valence-corrected chi connectivity index (χ3v) is 6.97. The minimum absolute atomic E-state index is 0.0133. The van der Waals surface area contributed by atoms with Gasteiger partial charge in [-0.25, -0.2) is 4.39 Å². The van der Waals surface area contributed by atoms with E-state index in [1.54, 1.807) is 12.3 Å². The van der Waals surface area contributed by atoms with Gasteiger partial charge in [-0.2, -0.15) is 0 Å². The van der Waals surface area contributed by atoms with Crippen molar-refractivity contribution in [3.8, 4) is 5.75 Å². The van der Waals surface area contributed by atoms with Crippen molar-refractivity contribution in [2.24, 2.45) is 5.73 Å². The molecule has 2 aromatic carbocycles. The number of H-pyrrole nitrogens is 1. The first-order chi connectivity index (χ1) is 14.9. The lowest BCUT2D eigenvalue weighted by atomic mass is 9.63. The van der Waals surface area contributed by atoms with Gasteiger partial charge in [0.15, 0.2) is 0 Å². The Bertz CT molecular complexity index is 1100. The van der Waals surface area contributed by atoms with Gasteiger partial charge in [-0.15, -0.1) is 0 Å². The Labute approximate surface area is 186 Å². The number of nitrogens with two attached hydrogens (primary N) is 1. The van der Waals surface area contributed by atoms with Gasteiger partial charge in [0.05, 0.1) is 11.1 Å². The van der Waals surface area contributed by atoms with Crippen molar-refractivity contribution in [3.05, 3.63) is 75.4 Å². The highest BCUT2D eigenvalue weighted by molar-refractivity contribution is 6.32. The number of rotatable bonds is 6. The normalized spacial score (nSPS) is 22.4. The van der Waals surface area contributed by atoms with Crippen LogP contribution in [0.25, 0.3) is 10.8 Å². The fourth-order valence-electron chi connectivity index (χ4n) is 4.93. The van der Waals surface area contributed by atoms with Gasteiger partial charge in [0.1, 0.15) is 11.6 Å². The van der Waals surface area contributed by atoms with Crippen LogP contribution in [0, 0.1) is 5.82 Å². The van der Waals surface area contributed by atoms with Crippen LogP contribution in [0.3, 0.4) is 0 Å². The lowest BCUT2D eigenvalue weighted by molar-refractivity contribution is 0.103. The Kier molecular flexibility index (Phi) is 6.35. The molecule has 1 aliphatic carbocycles. The van der Waals surface area contributed by atoms with Crippen molar-refractivity contribution >= 4 is 22.4 Å². The van der Waals surface area contributed by atoms with Crippen LogP contribution in [0.4, 0.5) is 4.39 Å². The molecule has 0 radical (unpaired) electrons. The van der Waals surface area contributed by atoms with Crippen molar-refractivity contribution in [2.45, 2.75) is 63.0 Å². The van der Waals surface area contributed by atoms with Gasteiger partial charge in [0, 0.05) is 23.0 Å². The first kappa shape index (κ1) is 21.8. The molecule has 1 aromatic heterocycles. The second-order valence-corrected chi connectivity index (χ2v) is 8.96. The molecule has 0 aliphatic heterocycles. The zero-order valence-electron chi connectivity index (χ0n) is 17.7. The monoisotopic (exact) mass is 442 g/mol. The fraction of sp³-hybridized carbons (Fsp3) is 0.400. The maximum Gasteiger partial charge on any atom is 0.255 e. The van der Waals surface area contributed by atoms with Crippen molar-refractivity contribution in [1.29, 1.82) is 0 Å². The second kappa shape index (κ2) is 9.01. The van der Waals surface area contributed by atoms with Crippen LogP contribution >= 0.6 is 11.6 Å². The Morgan fingerprint density at radius 1 is 1.23 bits per heavy atom. The highest BCUT2D eigenvalue weighted by Gasteiger charge is 2.42. The summed E-state index contributed by atoms with van der Waals surface area (Å²) in [7, 11) is 0. The molecular formula is C25H28ClFN2O2. The van der Waals surface area contributed by atoms with Crippen molar-refractivity contribution in [1.82, 2.24) is 4.98 Å². The van der Waals surface area contributed by atoms with Gasteiger partial charge in [-0.05, 0) is 73.4 Å². The molecular weight excluding hydrogens is 415 g/mol. The van der Waals surface area contributed by atoms with Crippen LogP contribution < -0.4 is 16.0 Å². The number of hydrogen-bond donors (Lipinski definition) is 2. The molecule has 4 rings (SSSR count). The predicted molar refractivity (Wildman–Crippen MR) is 123 cm³/mol. The van der Waals surface area contributed by atoms with E-state index in [9.17, 15) is 9.18 Å². The molecule has 31 heavy (non-hydrogen) atoms. The Balaban J connectivity index is 1.55. The summed E-state index contributed by atoms with van der Waals surface area (Å²) in [5.74, 6) is 0.363. The third kappa shape index (κ3) is 4.35. The van der Waals surface area contributed by atoms with E-state index in [0.717, 1.165) is 49.5 Å². The molecule has 0 unspecified atom stereocenters. The number of pyridine rings is 1. The van der Waals surface area contributed by atoms with Crippen LogP contribution in [0.1, 0.15) is 51.0 Å². The van der Waals surface area contributed by atoms with Gasteiger partial charge in [0.25, 0.3) is 5.56 Å². The lowest BCUT2D eigenvalue weighted by Crippen LogP contribution is -2.49. The molecule has 1 fully saturated rings. The van der Waals surface area contributed by atoms with E-state index in [1.165, 1.54) is 12.1 Å². The smallest absolute Gasteiger partial charge is 0.255 e. The zero-order valence-corrected chi connectivity index (χ0v) is 18.4. The van der Waals surface area contributed by atoms with E-state index < -0.39 is 0 Å². The van der Waals surface area contributed by atoms with E-state index in [1.807, 2.05) is 24.3 Å². The molecule has 0 spiro atoms. The molecule has 0 amide bonds. The molecule has 1 aliphatic rings. The number of halogens is 2. The number of benzene rings is 2. The summed E-state index contributed by atoms with van der Waals surface area (Å²) in [6.45, 7) is 2.14. The van der Waals surface area contributed by atoms with Gasteiger partial charge >= 0.3 is 0 Å². The van der Waals surface area contributed by atoms with Crippen LogP contribution in [-0.2, 0) is 5.41 Å². The zero-order chi connectivity index (χ0) is 22.0. The molecule has 0 saturated heterocycles. The summed E-state index contributed by atoms with van der Waals surface area (Å²) >= 11 is 6.42. The fourth-order valence-corrected chi connectivity index (χ4v) is 5.13. The standard InChI is InChI=1S/C25H28ClFN2O2/c1-2-3-23(28)25(17-4-6-18(27)7-5-17)11-8-19(9-12-25)31-22-14-16-10-13-29-24(30)20(16)15-21(22)26/h4-7,10,13-15,19,23H,2-3,8-9,11-12,28H2,1H3,(H,29,30)/t19-,23-,25-/m1/s1. The van der Waals surface area contributed by atoms with Crippen molar-refractivity contribution in [3.63, 3.8) is 0 Å². The highest BCUT2D eigenvalue weighted by atomic mass is 35.5. The molecule has 6 heteroatoms. The Morgan fingerprint density at radius 3 is 2.61 bits per heavy atom. The van der Waals surface area contributed by atoms with Crippen LogP contribution in [-0.4, -0.2) is 17.1 Å². The van der Waals surface area contributed by atoms with Crippen LogP contribution in [0.15, 0.2) is 53.5 Å². The SMILES string of the molecule is CCC[C@@H](N)[C@]1(c2ccc(F)cc2)CC[C@@H](Oc2cc3cc[nH]c(=O)c3cc2Cl)CC1. The maximum atomic E-state index is 13.5. The van der Waals surface area contributed by atoms with Gasteiger partial charge in [-0.1, -0.05) is 37.1 Å². The third-order valence-electron chi connectivity index (χ3n) is 6.67. The Hall–Kier alpha value is -2.37. The quantitative estimate of drug-likeness (QED) is 0.514. The number of hydrogen-bond acceptors (Lipinski definition) is 3. The Morgan fingerprint density at radius 2 is 1.94 bits per heavy atom. The molecule has 164 valence electrons. The van der Waals surface area contributed by atoms with Crippen molar-refractivity contribution in [2.75, 3.05) is 0 Å². The topological polar surface area (TPSA) is 68.1 Å². The lowest BCUT2D eigenvalue weighted by Gasteiger charge is -2.45. The van der Waals surface area contributed by atoms with Gasteiger partial charge < -0.3 is 15.5 Å². The average Bonchev–Trinajstić information content (AvgIpc) is 2.76. The molecule has 1 heterocycles. The minimum Gasteiger partial charge on any atom is -0.489 e. The van der Waals surface area contributed by atoms with Gasteiger partial charge in [-0.3, -0.25) is 4.79 Å². The number of aromatic amines is 1. The first-order valence-corrected chi connectivity index (χ1v) is 11.3. The van der Waals surface area contributed by atoms with E-state index >= 15 is 0 Å². The summed E-state index contributed by atoms with van der Waals surface area (Å²) in [5, 5.41) is 1.77. The summed E-state index contributed by atoms with van der Waals surface area (Å²) in [4.78, 5) is 14.6. The maximum absolute atomic E-state index is 13.5. The molecule has 1 saturated carbocycles. The summed E-state index contributed by atoms with van der Waals surface area (Å²) in [5.41, 5.74) is 7.44. The molecule has 3 N–H and O–H groups in total. The molecule has 4 nitrogen and oxygen atoms in total. The summed E-state index contributed by atoms with van der Waals surface area (Å²) in [6, 6.07) is 12.1. The summed E-state index contributed by atoms with van der Waals surface area (Å²) in [6.07, 6.45) is 6.97. The predicted octanol–water partition coefficient (Wildman–Crippen LogP) is 5.71. The number of fused-ring (bicyclic) bond motifs is 1.